The van der Waals surface area contributed by atoms with E-state index in [2.05, 4.69) is 15.3 Å². The quantitative estimate of drug-likeness (QED) is 0.787. The van der Waals surface area contributed by atoms with Crippen LogP contribution in [0.4, 0.5) is 5.95 Å². The molecule has 23 heavy (non-hydrogen) atoms. The Morgan fingerprint density at radius 2 is 2.17 bits per heavy atom. The van der Waals surface area contributed by atoms with E-state index in [4.69, 9.17) is 5.73 Å². The topological polar surface area (TPSA) is 118 Å². The van der Waals surface area contributed by atoms with Crippen LogP contribution in [0.25, 0.3) is 0 Å². The second-order valence-electron chi connectivity index (χ2n) is 5.94. The summed E-state index contributed by atoms with van der Waals surface area (Å²) in [5, 5.41) is 2.93. The molecule has 1 saturated heterocycles. The number of hydrogen-bond donors (Lipinski definition) is 2. The maximum absolute atomic E-state index is 12.4. The molecule has 2 rings (SSSR count). The van der Waals surface area contributed by atoms with Gasteiger partial charge in [0.1, 0.15) is 0 Å². The number of nitrogens with two attached hydrogens (primary N) is 1. The van der Waals surface area contributed by atoms with Gasteiger partial charge in [0.05, 0.1) is 17.5 Å². The molecular formula is C14H23N5O3S. The molecule has 128 valence electrons. The predicted octanol–water partition coefficient (Wildman–Crippen LogP) is 0.157. The van der Waals surface area contributed by atoms with Crippen molar-refractivity contribution in [1.29, 1.82) is 0 Å². The van der Waals surface area contributed by atoms with E-state index in [1.165, 1.54) is 16.8 Å². The average Bonchev–Trinajstić information content (AvgIpc) is 2.82. The minimum absolute atomic E-state index is 0.105. The van der Waals surface area contributed by atoms with Crippen LogP contribution in [0, 0.1) is 12.8 Å². The summed E-state index contributed by atoms with van der Waals surface area (Å²) in [4.78, 5) is 20.3. The molecule has 0 aliphatic carbocycles. The van der Waals surface area contributed by atoms with Gasteiger partial charge in [-0.05, 0) is 19.3 Å². The monoisotopic (exact) mass is 341 g/mol. The van der Waals surface area contributed by atoms with E-state index in [1.54, 1.807) is 6.92 Å². The minimum Gasteiger partial charge on any atom is -0.368 e. The van der Waals surface area contributed by atoms with Crippen molar-refractivity contribution >= 4 is 21.9 Å². The molecule has 0 unspecified atom stereocenters. The molecule has 1 fully saturated rings. The fourth-order valence-electron chi connectivity index (χ4n) is 2.88. The highest BCUT2D eigenvalue weighted by molar-refractivity contribution is 7.88. The van der Waals surface area contributed by atoms with Crippen molar-refractivity contribution in [2.75, 3.05) is 25.1 Å². The maximum Gasteiger partial charge on any atom is 0.254 e. The Morgan fingerprint density at radius 3 is 2.74 bits per heavy atom. The van der Waals surface area contributed by atoms with Gasteiger partial charge in [0.25, 0.3) is 5.91 Å². The van der Waals surface area contributed by atoms with E-state index in [9.17, 15) is 13.2 Å². The van der Waals surface area contributed by atoms with Crippen molar-refractivity contribution in [2.24, 2.45) is 5.92 Å². The number of nitrogen functional groups attached to an aromatic ring is 1. The molecule has 0 bridgehead atoms. The summed E-state index contributed by atoms with van der Waals surface area (Å²) in [6.07, 6.45) is 4.37. The molecule has 1 aliphatic heterocycles. The maximum atomic E-state index is 12.4. The molecule has 0 aromatic carbocycles. The summed E-state index contributed by atoms with van der Waals surface area (Å²) in [6, 6.07) is -0.214. The summed E-state index contributed by atoms with van der Waals surface area (Å²) in [6.45, 7) is 4.47. The van der Waals surface area contributed by atoms with Crippen molar-refractivity contribution < 1.29 is 13.2 Å². The number of amides is 1. The van der Waals surface area contributed by atoms with Gasteiger partial charge >= 0.3 is 0 Å². The van der Waals surface area contributed by atoms with Gasteiger partial charge < -0.3 is 11.1 Å². The molecule has 0 saturated carbocycles. The minimum atomic E-state index is -3.26. The SMILES string of the molecule is CCC[C@@H]1CN(S(C)(=O)=O)C[C@H]1NC(=O)c1cnc(N)nc1C. The highest BCUT2D eigenvalue weighted by Gasteiger charge is 2.37. The zero-order valence-corrected chi connectivity index (χ0v) is 14.4. The van der Waals surface area contributed by atoms with Crippen molar-refractivity contribution in [3.63, 3.8) is 0 Å². The zero-order valence-electron chi connectivity index (χ0n) is 13.6. The Bertz CT molecular complexity index is 692. The number of carbonyl (C=O) groups is 1. The summed E-state index contributed by atoms with van der Waals surface area (Å²) < 4.78 is 24.9. The highest BCUT2D eigenvalue weighted by atomic mass is 32.2. The van der Waals surface area contributed by atoms with Crippen molar-refractivity contribution in [2.45, 2.75) is 32.7 Å². The summed E-state index contributed by atoms with van der Waals surface area (Å²) in [7, 11) is -3.26. The first kappa shape index (κ1) is 17.6. The van der Waals surface area contributed by atoms with E-state index in [1.807, 2.05) is 6.92 Å². The van der Waals surface area contributed by atoms with Gasteiger partial charge in [0, 0.05) is 25.3 Å². The molecule has 1 amide bonds. The molecule has 2 atom stereocenters. The Hall–Kier alpha value is -1.74. The zero-order chi connectivity index (χ0) is 17.2. The van der Waals surface area contributed by atoms with Crippen LogP contribution < -0.4 is 11.1 Å². The molecular weight excluding hydrogens is 318 g/mol. The first-order valence-electron chi connectivity index (χ1n) is 7.57. The molecule has 9 heteroatoms. The standard InChI is InChI=1S/C14H23N5O3S/c1-4-5-10-7-19(23(3,21)22)8-12(10)18-13(20)11-6-16-14(15)17-9(11)2/h6,10,12H,4-5,7-8H2,1-3H3,(H,18,20)(H2,15,16,17)/t10-,12-/m1/s1. The smallest absolute Gasteiger partial charge is 0.254 e. The van der Waals surface area contributed by atoms with E-state index < -0.39 is 10.0 Å². The predicted molar refractivity (Wildman–Crippen MR) is 87.3 cm³/mol. The van der Waals surface area contributed by atoms with Crippen LogP contribution in [0.1, 0.15) is 35.8 Å². The largest absolute Gasteiger partial charge is 0.368 e. The molecule has 0 radical (unpaired) electrons. The molecule has 8 nitrogen and oxygen atoms in total. The summed E-state index contributed by atoms with van der Waals surface area (Å²) >= 11 is 0. The van der Waals surface area contributed by atoms with E-state index >= 15 is 0 Å². The van der Waals surface area contributed by atoms with Crippen LogP contribution >= 0.6 is 0 Å². The number of aromatic nitrogens is 2. The van der Waals surface area contributed by atoms with Crippen LogP contribution in [0.5, 0.6) is 0 Å². The van der Waals surface area contributed by atoms with E-state index in [0.29, 0.717) is 24.3 Å². The van der Waals surface area contributed by atoms with E-state index in [0.717, 1.165) is 12.8 Å². The fourth-order valence-corrected chi connectivity index (χ4v) is 3.78. The van der Waals surface area contributed by atoms with Crippen LogP contribution in [-0.4, -0.2) is 54.0 Å². The first-order chi connectivity index (χ1) is 10.7. The van der Waals surface area contributed by atoms with Crippen LogP contribution in [0.2, 0.25) is 0 Å². The molecule has 2 heterocycles. The number of sulfonamides is 1. The lowest BCUT2D eigenvalue weighted by molar-refractivity contribution is 0.0928. The number of aryl methyl sites for hydroxylation is 1. The third-order valence-electron chi connectivity index (χ3n) is 4.10. The van der Waals surface area contributed by atoms with Gasteiger partial charge in [-0.15, -0.1) is 0 Å². The van der Waals surface area contributed by atoms with Crippen molar-refractivity contribution in [3.8, 4) is 0 Å². The first-order valence-corrected chi connectivity index (χ1v) is 9.42. The van der Waals surface area contributed by atoms with Gasteiger partial charge in [-0.25, -0.2) is 18.4 Å². The summed E-state index contributed by atoms with van der Waals surface area (Å²) in [5.74, 6) is -0.0790. The fraction of sp³-hybridized carbons (Fsp3) is 0.643. The molecule has 1 aromatic heterocycles. The van der Waals surface area contributed by atoms with Gasteiger partial charge in [-0.3, -0.25) is 4.79 Å². The Balaban J connectivity index is 2.14. The molecule has 1 aromatic rings. The van der Waals surface area contributed by atoms with Crippen LogP contribution in [0.15, 0.2) is 6.20 Å². The van der Waals surface area contributed by atoms with Crippen LogP contribution in [0.3, 0.4) is 0 Å². The van der Waals surface area contributed by atoms with Crippen molar-refractivity contribution in [1.82, 2.24) is 19.6 Å². The number of hydrogen-bond acceptors (Lipinski definition) is 6. The van der Waals surface area contributed by atoms with Crippen LogP contribution in [-0.2, 0) is 10.0 Å². The third kappa shape index (κ3) is 4.17. The highest BCUT2D eigenvalue weighted by Crippen LogP contribution is 2.24. The van der Waals surface area contributed by atoms with Gasteiger partial charge in [0.2, 0.25) is 16.0 Å². The molecule has 0 spiro atoms. The lowest BCUT2D eigenvalue weighted by Crippen LogP contribution is -2.41. The Kier molecular flexibility index (Phi) is 5.20. The lowest BCUT2D eigenvalue weighted by atomic mass is 9.98. The number of rotatable bonds is 5. The Morgan fingerprint density at radius 1 is 1.48 bits per heavy atom. The third-order valence-corrected chi connectivity index (χ3v) is 5.33. The van der Waals surface area contributed by atoms with Gasteiger partial charge in [-0.2, -0.15) is 4.31 Å². The van der Waals surface area contributed by atoms with Crippen molar-refractivity contribution in [3.05, 3.63) is 17.5 Å². The second kappa shape index (κ2) is 6.79. The normalized spacial score (nSPS) is 22.2. The number of anilines is 1. The van der Waals surface area contributed by atoms with Gasteiger partial charge in [-0.1, -0.05) is 13.3 Å². The summed E-state index contributed by atoms with van der Waals surface area (Å²) in [5.41, 5.74) is 6.35. The lowest BCUT2D eigenvalue weighted by Gasteiger charge is -2.19. The Labute approximate surface area is 136 Å². The molecule has 1 aliphatic rings. The van der Waals surface area contributed by atoms with E-state index in [-0.39, 0.29) is 23.8 Å². The van der Waals surface area contributed by atoms with Gasteiger partial charge in [0.15, 0.2) is 0 Å². The number of nitrogens with zero attached hydrogens (tertiary/aromatic N) is 3. The number of nitrogens with one attached hydrogen (secondary N) is 1. The average molecular weight is 341 g/mol. The number of carbonyl (C=O) groups excluding carboxylic acids is 1. The molecule has 3 N–H and O–H groups in total. The second-order valence-corrected chi connectivity index (χ2v) is 7.92.